The average molecular weight is 631 g/mol. The van der Waals surface area contributed by atoms with Crippen LogP contribution in [0.25, 0.3) is 0 Å². The number of esters is 1. The Morgan fingerprint density at radius 2 is 1.53 bits per heavy atom. The molecule has 1 fully saturated rings. The second kappa shape index (κ2) is 20.1. The van der Waals surface area contributed by atoms with Gasteiger partial charge in [0.2, 0.25) is 18.2 Å². The summed E-state index contributed by atoms with van der Waals surface area (Å²) < 4.78 is 4.80. The second-order valence-electron chi connectivity index (χ2n) is 12.4. The van der Waals surface area contributed by atoms with E-state index in [4.69, 9.17) is 4.74 Å². The number of quaternary nitrogens is 1. The largest absolute Gasteiger partial charge is 0.460 e. The smallest absolute Gasteiger partial charge is 0.303 e. The van der Waals surface area contributed by atoms with Gasteiger partial charge in [0, 0.05) is 49.3 Å². The van der Waals surface area contributed by atoms with E-state index in [1.807, 2.05) is 53.7 Å². The van der Waals surface area contributed by atoms with Gasteiger partial charge in [0.25, 0.3) is 11.8 Å². The van der Waals surface area contributed by atoms with Crippen LogP contribution < -0.4 is 20.9 Å². The van der Waals surface area contributed by atoms with Gasteiger partial charge in [0.05, 0.1) is 19.6 Å². The molecule has 12 heteroatoms. The molecular formula is C33H52N5O7+. The van der Waals surface area contributed by atoms with Gasteiger partial charge < -0.3 is 25.6 Å². The van der Waals surface area contributed by atoms with Crippen LogP contribution in [-0.4, -0.2) is 78.7 Å². The van der Waals surface area contributed by atoms with Crippen molar-refractivity contribution in [2.24, 2.45) is 5.92 Å². The number of nitrogens with one attached hydrogen (secondary N) is 4. The molecule has 1 atom stereocenters. The molecule has 5 amide bonds. The third-order valence-electron chi connectivity index (χ3n) is 6.90. The third-order valence-corrected chi connectivity index (χ3v) is 6.90. The Bertz CT molecular complexity index is 1130. The van der Waals surface area contributed by atoms with E-state index in [1.165, 1.54) is 57.0 Å². The molecule has 2 aliphatic rings. The van der Waals surface area contributed by atoms with Crippen molar-refractivity contribution in [2.45, 2.75) is 92.3 Å². The van der Waals surface area contributed by atoms with Crippen molar-refractivity contribution in [1.82, 2.24) is 15.5 Å². The van der Waals surface area contributed by atoms with Gasteiger partial charge in [-0.2, -0.15) is 0 Å². The number of hydrogen-bond acceptors (Lipinski definition) is 7. The van der Waals surface area contributed by atoms with E-state index >= 15 is 0 Å². The molecule has 1 aromatic carbocycles. The monoisotopic (exact) mass is 630 g/mol. The minimum atomic E-state index is -0.347. The van der Waals surface area contributed by atoms with Crippen molar-refractivity contribution in [3.8, 4) is 0 Å². The van der Waals surface area contributed by atoms with E-state index in [0.717, 1.165) is 17.1 Å². The summed E-state index contributed by atoms with van der Waals surface area (Å²) in [5, 5.41) is 7.90. The zero-order valence-corrected chi connectivity index (χ0v) is 27.9. The fourth-order valence-electron chi connectivity index (χ4n) is 4.35. The van der Waals surface area contributed by atoms with Crippen molar-refractivity contribution in [2.75, 3.05) is 31.5 Å². The third kappa shape index (κ3) is 17.7. The van der Waals surface area contributed by atoms with Gasteiger partial charge in [-0.1, -0.05) is 26.0 Å². The summed E-state index contributed by atoms with van der Waals surface area (Å²) in [6.45, 7) is 16.6. The molecule has 0 radical (unpaired) electrons. The Morgan fingerprint density at radius 1 is 0.956 bits per heavy atom. The number of carbonyl (C=O) groups is 6. The van der Waals surface area contributed by atoms with Crippen LogP contribution in [0.3, 0.4) is 0 Å². The van der Waals surface area contributed by atoms with Crippen molar-refractivity contribution < 1.29 is 38.4 Å². The molecule has 0 spiro atoms. The number of anilines is 1. The standard InChI is InChI=1S/C15H21N3O2.C12H18N2O3.C6H12O2/c19-12-16-10-15(20)17-14-6-4-13(5-7-14)11-18-8-2-1-3-9-18;1-8(2)9(3)13-10(15)6-7-14-11(16)4-5-12(14)17;1-5(7)8-6(2,3)4/h4-7,12H,1-3,8-11H2,(H,16,19)(H,17,20);4-5,8-9H,6-7H2,1-3H3,(H,13,15);1-4H3/p+1. The second-order valence-corrected chi connectivity index (χ2v) is 12.4. The molecule has 45 heavy (non-hydrogen) atoms. The van der Waals surface area contributed by atoms with Gasteiger partial charge in [-0.3, -0.25) is 33.7 Å². The Morgan fingerprint density at radius 3 is 2.00 bits per heavy atom. The van der Waals surface area contributed by atoms with E-state index in [9.17, 15) is 28.8 Å². The highest BCUT2D eigenvalue weighted by Crippen LogP contribution is 2.09. The SMILES string of the molecule is CC(=O)OC(C)(C)C.CC(C)C(C)NC(=O)CCN1C(=O)C=CC1=O.O=CNCC(=O)Nc1ccc(C[NH+]2CCCCC2)cc1. The molecule has 0 aliphatic carbocycles. The molecular weight excluding hydrogens is 578 g/mol. The fraction of sp³-hybridized carbons (Fsp3) is 0.576. The van der Waals surface area contributed by atoms with Crippen molar-refractivity contribution in [3.63, 3.8) is 0 Å². The molecule has 2 heterocycles. The zero-order valence-electron chi connectivity index (χ0n) is 27.9. The van der Waals surface area contributed by atoms with Crippen molar-refractivity contribution >= 4 is 41.7 Å². The van der Waals surface area contributed by atoms with Crippen LogP contribution in [0.1, 0.15) is 79.7 Å². The Labute approximate surface area is 267 Å². The molecule has 4 N–H and O–H groups in total. The van der Waals surface area contributed by atoms with Crippen LogP contribution in [0.4, 0.5) is 5.69 Å². The number of benzene rings is 1. The number of likely N-dealkylation sites (tertiary alicyclic amines) is 1. The maximum Gasteiger partial charge on any atom is 0.303 e. The average Bonchev–Trinajstić information content (AvgIpc) is 3.28. The van der Waals surface area contributed by atoms with Gasteiger partial charge in [-0.25, -0.2) is 0 Å². The predicted octanol–water partition coefficient (Wildman–Crippen LogP) is 1.75. The van der Waals surface area contributed by atoms with E-state index in [0.29, 0.717) is 12.3 Å². The molecule has 12 nitrogen and oxygen atoms in total. The van der Waals surface area contributed by atoms with Gasteiger partial charge in [-0.05, 0) is 65.0 Å². The van der Waals surface area contributed by atoms with Crippen LogP contribution in [-0.2, 0) is 40.0 Å². The molecule has 0 saturated carbocycles. The number of ether oxygens (including phenoxy) is 1. The lowest BCUT2D eigenvalue weighted by Crippen LogP contribution is -3.11. The molecule has 0 bridgehead atoms. The number of carbonyl (C=O) groups excluding carboxylic acids is 6. The highest BCUT2D eigenvalue weighted by Gasteiger charge is 2.24. The highest BCUT2D eigenvalue weighted by molar-refractivity contribution is 6.13. The van der Waals surface area contributed by atoms with Gasteiger partial charge in [-0.15, -0.1) is 0 Å². The lowest BCUT2D eigenvalue weighted by molar-refractivity contribution is -0.918. The van der Waals surface area contributed by atoms with E-state index in [2.05, 4.69) is 28.1 Å². The summed E-state index contributed by atoms with van der Waals surface area (Å²) in [6, 6.07) is 8.04. The number of amides is 5. The molecule has 1 unspecified atom stereocenters. The van der Waals surface area contributed by atoms with Crippen molar-refractivity contribution in [3.05, 3.63) is 42.0 Å². The maximum atomic E-state index is 11.5. The number of nitrogens with zero attached hydrogens (tertiary/aromatic N) is 1. The first-order chi connectivity index (χ1) is 21.1. The summed E-state index contributed by atoms with van der Waals surface area (Å²) >= 11 is 0. The molecule has 250 valence electrons. The van der Waals surface area contributed by atoms with Crippen LogP contribution in [0.15, 0.2) is 36.4 Å². The van der Waals surface area contributed by atoms with Gasteiger partial charge in [0.15, 0.2) is 0 Å². The normalized spacial score (nSPS) is 15.2. The molecule has 2 aliphatic heterocycles. The highest BCUT2D eigenvalue weighted by atomic mass is 16.6. The quantitative estimate of drug-likeness (QED) is 0.165. The van der Waals surface area contributed by atoms with E-state index < -0.39 is 0 Å². The fourth-order valence-corrected chi connectivity index (χ4v) is 4.35. The number of rotatable bonds is 11. The summed E-state index contributed by atoms with van der Waals surface area (Å²) in [7, 11) is 0. The molecule has 1 saturated heterocycles. The summed E-state index contributed by atoms with van der Waals surface area (Å²) in [6.07, 6.45) is 7.12. The van der Waals surface area contributed by atoms with Crippen LogP contribution in [0.2, 0.25) is 0 Å². The van der Waals surface area contributed by atoms with Gasteiger partial charge >= 0.3 is 5.97 Å². The number of hydrogen-bond donors (Lipinski definition) is 4. The van der Waals surface area contributed by atoms with Crippen LogP contribution in [0.5, 0.6) is 0 Å². The predicted molar refractivity (Wildman–Crippen MR) is 172 cm³/mol. The van der Waals surface area contributed by atoms with E-state index in [1.54, 1.807) is 4.90 Å². The number of piperidine rings is 1. The minimum absolute atomic E-state index is 0.00315. The summed E-state index contributed by atoms with van der Waals surface area (Å²) in [5.74, 6) is -0.919. The molecule has 3 rings (SSSR count). The maximum absolute atomic E-state index is 11.5. The minimum Gasteiger partial charge on any atom is -0.460 e. The zero-order chi connectivity index (χ0) is 34.0. The first kappa shape index (κ1) is 39.0. The summed E-state index contributed by atoms with van der Waals surface area (Å²) in [5.41, 5.74) is 1.73. The Balaban J connectivity index is 0.000000368. The topological polar surface area (TPSA) is 155 Å². The van der Waals surface area contributed by atoms with Crippen LogP contribution in [0, 0.1) is 5.92 Å². The van der Waals surface area contributed by atoms with Crippen molar-refractivity contribution in [1.29, 1.82) is 0 Å². The van der Waals surface area contributed by atoms with Gasteiger partial charge in [0.1, 0.15) is 12.1 Å². The Kier molecular flexibility index (Phi) is 17.4. The lowest BCUT2D eigenvalue weighted by Gasteiger charge is -2.23. The first-order valence-electron chi connectivity index (χ1n) is 15.5. The Hall–Kier alpha value is -4.06. The molecule has 0 aromatic heterocycles. The first-order valence-corrected chi connectivity index (χ1v) is 15.5. The van der Waals surface area contributed by atoms with Crippen LogP contribution >= 0.6 is 0 Å². The number of imide groups is 1. The van der Waals surface area contributed by atoms with E-state index in [-0.39, 0.29) is 60.8 Å². The lowest BCUT2D eigenvalue weighted by atomic mass is 10.1. The molecule has 1 aromatic rings. The summed E-state index contributed by atoms with van der Waals surface area (Å²) in [4.78, 5) is 68.5.